The second-order valence-corrected chi connectivity index (χ2v) is 7.13. The number of nitrogens with zero attached hydrogens (tertiary/aromatic N) is 4. The first-order valence-electron chi connectivity index (χ1n) is 6.67. The van der Waals surface area contributed by atoms with Crippen molar-refractivity contribution in [1.82, 2.24) is 19.0 Å². The van der Waals surface area contributed by atoms with Crippen molar-refractivity contribution in [2.75, 3.05) is 33.3 Å². The van der Waals surface area contributed by atoms with Crippen LogP contribution in [0.4, 0.5) is 0 Å². The van der Waals surface area contributed by atoms with Gasteiger partial charge >= 0.3 is 0 Å². The third-order valence-corrected chi connectivity index (χ3v) is 5.98. The first-order chi connectivity index (χ1) is 9.37. The van der Waals surface area contributed by atoms with Crippen LogP contribution in [0.25, 0.3) is 0 Å². The summed E-state index contributed by atoms with van der Waals surface area (Å²) in [6.07, 6.45) is 1.98. The Kier molecular flexibility index (Phi) is 4.48. The topological polar surface area (TPSA) is 78.7 Å². The van der Waals surface area contributed by atoms with Crippen LogP contribution in [-0.2, 0) is 17.1 Å². The quantitative estimate of drug-likeness (QED) is 0.805. The van der Waals surface area contributed by atoms with E-state index < -0.39 is 10.0 Å². The summed E-state index contributed by atoms with van der Waals surface area (Å²) in [6.45, 7) is 3.36. The summed E-state index contributed by atoms with van der Waals surface area (Å²) < 4.78 is 28.4. The van der Waals surface area contributed by atoms with Crippen molar-refractivity contribution in [2.24, 2.45) is 7.05 Å². The highest BCUT2D eigenvalue weighted by molar-refractivity contribution is 7.89. The molecule has 0 unspecified atom stereocenters. The molecule has 1 aromatic heterocycles. The molecule has 0 bridgehead atoms. The largest absolute Gasteiger partial charge is 0.396 e. The van der Waals surface area contributed by atoms with E-state index >= 15 is 0 Å². The van der Waals surface area contributed by atoms with Gasteiger partial charge in [-0.3, -0.25) is 4.68 Å². The van der Waals surface area contributed by atoms with Crippen LogP contribution in [0, 0.1) is 6.92 Å². The Bertz CT molecular complexity index is 569. The third kappa shape index (κ3) is 2.73. The molecular formula is C12H22N4O3S. The lowest BCUT2D eigenvalue weighted by Crippen LogP contribution is -2.53. The molecule has 1 aliphatic heterocycles. The summed E-state index contributed by atoms with van der Waals surface area (Å²) in [4.78, 5) is 2.37. The summed E-state index contributed by atoms with van der Waals surface area (Å²) in [5, 5.41) is 13.1. The summed E-state index contributed by atoms with van der Waals surface area (Å²) in [6, 6.07) is 0.0560. The van der Waals surface area contributed by atoms with Gasteiger partial charge in [0.1, 0.15) is 4.90 Å². The molecule has 2 rings (SSSR count). The highest BCUT2D eigenvalue weighted by Crippen LogP contribution is 2.22. The number of rotatable bonds is 4. The molecule has 1 atom stereocenters. The van der Waals surface area contributed by atoms with Crippen molar-refractivity contribution in [3.8, 4) is 0 Å². The van der Waals surface area contributed by atoms with Gasteiger partial charge in [-0.25, -0.2) is 8.42 Å². The number of hydrogen-bond acceptors (Lipinski definition) is 5. The second kappa shape index (κ2) is 5.80. The van der Waals surface area contributed by atoms with Crippen LogP contribution in [-0.4, -0.2) is 71.8 Å². The molecule has 8 heteroatoms. The van der Waals surface area contributed by atoms with E-state index in [0.29, 0.717) is 31.7 Å². The fourth-order valence-electron chi connectivity index (χ4n) is 2.47. The summed E-state index contributed by atoms with van der Waals surface area (Å²) in [5.74, 6) is 0. The van der Waals surface area contributed by atoms with E-state index in [9.17, 15) is 8.42 Å². The molecular weight excluding hydrogens is 280 g/mol. The Labute approximate surface area is 119 Å². The minimum Gasteiger partial charge on any atom is -0.396 e. The van der Waals surface area contributed by atoms with Crippen LogP contribution in [0.1, 0.15) is 12.1 Å². The molecule has 20 heavy (non-hydrogen) atoms. The van der Waals surface area contributed by atoms with Crippen molar-refractivity contribution in [1.29, 1.82) is 0 Å². The van der Waals surface area contributed by atoms with E-state index in [-0.39, 0.29) is 17.5 Å². The summed E-state index contributed by atoms with van der Waals surface area (Å²) in [5.41, 5.74) is 0.641. The standard InChI is InChI=1S/C12H22N4O3S/c1-10-12(8-13-15(10)3)20(18,19)16-6-5-14(2)11(9-16)4-7-17/h8,11,17H,4-7,9H2,1-3H3/t11-/m0/s1. The predicted octanol–water partition coefficient (Wildman–Crippen LogP) is -0.584. The summed E-state index contributed by atoms with van der Waals surface area (Å²) in [7, 11) is 0.182. The molecule has 1 N–H and O–H groups in total. The number of aliphatic hydroxyl groups is 1. The average molecular weight is 302 g/mol. The van der Waals surface area contributed by atoms with Crippen molar-refractivity contribution >= 4 is 10.0 Å². The van der Waals surface area contributed by atoms with Gasteiger partial charge in [0.25, 0.3) is 0 Å². The van der Waals surface area contributed by atoms with Crippen LogP contribution >= 0.6 is 0 Å². The Morgan fingerprint density at radius 1 is 1.40 bits per heavy atom. The number of hydrogen-bond donors (Lipinski definition) is 1. The van der Waals surface area contributed by atoms with Gasteiger partial charge in [0.05, 0.1) is 11.9 Å². The average Bonchev–Trinajstić information content (AvgIpc) is 2.73. The predicted molar refractivity (Wildman–Crippen MR) is 74.8 cm³/mol. The van der Waals surface area contributed by atoms with Crippen molar-refractivity contribution in [2.45, 2.75) is 24.3 Å². The molecule has 0 amide bonds. The minimum absolute atomic E-state index is 0.0560. The van der Waals surface area contributed by atoms with Crippen LogP contribution in [0.2, 0.25) is 0 Å². The number of aryl methyl sites for hydroxylation is 1. The first-order valence-corrected chi connectivity index (χ1v) is 8.11. The van der Waals surface area contributed by atoms with Gasteiger partial charge in [0.2, 0.25) is 10.0 Å². The van der Waals surface area contributed by atoms with Gasteiger partial charge in [-0.05, 0) is 20.4 Å². The van der Waals surface area contributed by atoms with Gasteiger partial charge in [0.15, 0.2) is 0 Å². The number of aromatic nitrogens is 2. The smallest absolute Gasteiger partial charge is 0.246 e. The lowest BCUT2D eigenvalue weighted by atomic mass is 10.1. The van der Waals surface area contributed by atoms with Crippen LogP contribution in [0.15, 0.2) is 11.1 Å². The van der Waals surface area contributed by atoms with Gasteiger partial charge < -0.3 is 10.0 Å². The molecule has 114 valence electrons. The van der Waals surface area contributed by atoms with E-state index in [1.165, 1.54) is 10.5 Å². The van der Waals surface area contributed by atoms with Crippen LogP contribution < -0.4 is 0 Å². The van der Waals surface area contributed by atoms with Gasteiger partial charge in [-0.15, -0.1) is 0 Å². The number of likely N-dealkylation sites (N-methyl/N-ethyl adjacent to an activating group) is 1. The maximum Gasteiger partial charge on any atom is 0.246 e. The Morgan fingerprint density at radius 3 is 2.65 bits per heavy atom. The molecule has 1 fully saturated rings. The maximum atomic E-state index is 12.7. The van der Waals surface area contributed by atoms with E-state index in [1.807, 2.05) is 7.05 Å². The van der Waals surface area contributed by atoms with Crippen molar-refractivity contribution in [3.05, 3.63) is 11.9 Å². The Balaban J connectivity index is 2.24. The first kappa shape index (κ1) is 15.4. The van der Waals surface area contributed by atoms with E-state index in [4.69, 9.17) is 5.11 Å². The lowest BCUT2D eigenvalue weighted by Gasteiger charge is -2.38. The SMILES string of the molecule is Cc1c(S(=O)(=O)N2CCN(C)[C@@H](CCO)C2)cnn1C. The fourth-order valence-corrected chi connectivity index (χ4v) is 4.12. The highest BCUT2D eigenvalue weighted by atomic mass is 32.2. The normalized spacial score (nSPS) is 22.3. The molecule has 1 aromatic rings. The fraction of sp³-hybridized carbons (Fsp3) is 0.750. The van der Waals surface area contributed by atoms with Gasteiger partial charge in [-0.2, -0.15) is 9.40 Å². The minimum atomic E-state index is -3.50. The zero-order chi connectivity index (χ0) is 14.9. The monoisotopic (exact) mass is 302 g/mol. The zero-order valence-electron chi connectivity index (χ0n) is 12.2. The van der Waals surface area contributed by atoms with Crippen molar-refractivity contribution < 1.29 is 13.5 Å². The van der Waals surface area contributed by atoms with Crippen LogP contribution in [0.3, 0.4) is 0 Å². The number of sulfonamides is 1. The maximum absolute atomic E-state index is 12.7. The molecule has 0 aliphatic carbocycles. The van der Waals surface area contributed by atoms with Gasteiger partial charge in [0, 0.05) is 39.3 Å². The molecule has 1 aliphatic rings. The zero-order valence-corrected chi connectivity index (χ0v) is 13.0. The molecule has 7 nitrogen and oxygen atoms in total. The molecule has 0 spiro atoms. The number of piperazine rings is 1. The van der Waals surface area contributed by atoms with Gasteiger partial charge in [-0.1, -0.05) is 0 Å². The lowest BCUT2D eigenvalue weighted by molar-refractivity contribution is 0.120. The van der Waals surface area contributed by atoms with E-state index in [2.05, 4.69) is 10.00 Å². The summed E-state index contributed by atoms with van der Waals surface area (Å²) >= 11 is 0. The molecule has 2 heterocycles. The number of aliphatic hydroxyl groups excluding tert-OH is 1. The highest BCUT2D eigenvalue weighted by Gasteiger charge is 2.34. The van der Waals surface area contributed by atoms with E-state index in [1.54, 1.807) is 18.7 Å². The molecule has 1 saturated heterocycles. The molecule has 0 saturated carbocycles. The molecule has 0 radical (unpaired) electrons. The van der Waals surface area contributed by atoms with E-state index in [0.717, 1.165) is 0 Å². The molecule has 0 aromatic carbocycles. The Morgan fingerprint density at radius 2 is 2.10 bits per heavy atom. The second-order valence-electron chi connectivity index (χ2n) is 5.23. The van der Waals surface area contributed by atoms with Crippen molar-refractivity contribution in [3.63, 3.8) is 0 Å². The van der Waals surface area contributed by atoms with Crippen LogP contribution in [0.5, 0.6) is 0 Å². The Hall–Kier alpha value is -0.960. The third-order valence-electron chi connectivity index (χ3n) is 4.01.